The van der Waals surface area contributed by atoms with Crippen LogP contribution in [-0.4, -0.2) is 94.3 Å². The number of carbonyl (C=O) groups excluding carboxylic acids is 6. The van der Waals surface area contributed by atoms with Crippen molar-refractivity contribution in [3.05, 3.63) is 58.7 Å². The molecule has 9 rings (SSSR count). The Morgan fingerprint density at radius 3 is 1.35 bits per heavy atom. The number of hydrogen-bond acceptors (Lipinski definition) is 6. The SMILES string of the molecule is O=C1c2ccc(cc2)C(=O)N2CC3=CC[C@H]4C(=O)N(CCCCCN5C(=O)[C@@H]6[C@@H](CC=C7CN1C[C@@H]76)C5=O)C(=O)[C@H]4[C@H]3C2. The summed E-state index contributed by atoms with van der Waals surface area (Å²) in [7, 11) is 0. The third-order valence-corrected chi connectivity index (χ3v) is 11.0. The molecule has 0 aromatic heterocycles. The molecular formula is C33H34N4O6. The number of carbonyl (C=O) groups is 6. The molecule has 8 aliphatic rings. The van der Waals surface area contributed by atoms with Gasteiger partial charge in [-0.15, -0.1) is 0 Å². The quantitative estimate of drug-likeness (QED) is 0.341. The minimum absolute atomic E-state index is 0.132. The van der Waals surface area contributed by atoms with Gasteiger partial charge in [0.15, 0.2) is 0 Å². The van der Waals surface area contributed by atoms with E-state index in [1.807, 2.05) is 12.2 Å². The van der Waals surface area contributed by atoms with E-state index in [1.54, 1.807) is 34.1 Å². The lowest BCUT2D eigenvalue weighted by Crippen LogP contribution is -2.35. The number of benzene rings is 1. The summed E-state index contributed by atoms with van der Waals surface area (Å²) in [6.45, 7) is 2.32. The number of amides is 6. The monoisotopic (exact) mass is 582 g/mol. The van der Waals surface area contributed by atoms with Crippen LogP contribution in [0.4, 0.5) is 0 Å². The third kappa shape index (κ3) is 3.91. The Bertz CT molecular complexity index is 1430. The Hall–Kier alpha value is -4.08. The van der Waals surface area contributed by atoms with Crippen molar-refractivity contribution in [2.24, 2.45) is 35.5 Å². The van der Waals surface area contributed by atoms with Crippen molar-refractivity contribution < 1.29 is 28.8 Å². The molecule has 6 atom stereocenters. The van der Waals surface area contributed by atoms with Crippen LogP contribution in [0.1, 0.15) is 52.8 Å². The van der Waals surface area contributed by atoms with Crippen molar-refractivity contribution in [3.63, 3.8) is 0 Å². The maximum atomic E-state index is 13.5. The fraction of sp³-hybridized carbons (Fsp3) is 0.515. The standard InChI is InChI=1S/C33H34N4O6/c38-28-18-4-6-19(7-5-18)29(39)35-15-21-9-11-23-27(25(21)17-35)33(43)37(31(23)41)13-3-1-2-12-36-30(40)22-10-8-20-14-34(28)16-24(20)26(22)32(36)42/h4-9,22-27H,1-3,10-17H2/t22-,23-,24+,25+,26-,27-/m1/s1. The summed E-state index contributed by atoms with van der Waals surface area (Å²) in [5.74, 6) is -2.88. The van der Waals surface area contributed by atoms with Gasteiger partial charge in [0, 0.05) is 62.2 Å². The fourth-order valence-electron chi connectivity index (χ4n) is 8.81. The second kappa shape index (κ2) is 9.72. The predicted molar refractivity (Wildman–Crippen MR) is 152 cm³/mol. The molecule has 10 nitrogen and oxygen atoms in total. The van der Waals surface area contributed by atoms with Gasteiger partial charge < -0.3 is 9.80 Å². The van der Waals surface area contributed by atoms with Crippen molar-refractivity contribution in [2.45, 2.75) is 32.1 Å². The maximum Gasteiger partial charge on any atom is 0.254 e. The highest BCUT2D eigenvalue weighted by Crippen LogP contribution is 2.46. The second-order valence-corrected chi connectivity index (χ2v) is 13.2. The molecule has 4 fully saturated rings. The Morgan fingerprint density at radius 1 is 0.512 bits per heavy atom. The molecule has 10 bridgehead atoms. The topological polar surface area (TPSA) is 115 Å². The Balaban J connectivity index is 1.09. The van der Waals surface area contributed by atoms with Crippen molar-refractivity contribution in [1.29, 1.82) is 0 Å². The number of fused-ring (bicyclic) bond motifs is 6. The zero-order valence-electron chi connectivity index (χ0n) is 23.9. The van der Waals surface area contributed by atoms with Gasteiger partial charge in [0.05, 0.1) is 23.7 Å². The summed E-state index contributed by atoms with van der Waals surface area (Å²) in [5.41, 5.74) is 3.03. The van der Waals surface area contributed by atoms with E-state index in [1.165, 1.54) is 9.80 Å². The molecule has 43 heavy (non-hydrogen) atoms. The van der Waals surface area contributed by atoms with Crippen LogP contribution in [0.5, 0.6) is 0 Å². The van der Waals surface area contributed by atoms with Crippen LogP contribution in [0, 0.1) is 35.5 Å². The summed E-state index contributed by atoms with van der Waals surface area (Å²) in [6, 6.07) is 6.69. The molecule has 1 aromatic carbocycles. The summed E-state index contributed by atoms with van der Waals surface area (Å²) in [5, 5.41) is 0. The average Bonchev–Trinajstić information content (AvgIpc) is 3.76. The molecule has 0 radical (unpaired) electrons. The second-order valence-electron chi connectivity index (χ2n) is 13.2. The van der Waals surface area contributed by atoms with Crippen LogP contribution in [0.25, 0.3) is 0 Å². The molecule has 0 saturated carbocycles. The molecule has 6 aliphatic heterocycles. The molecule has 0 N–H and O–H groups in total. The van der Waals surface area contributed by atoms with E-state index in [0.29, 0.717) is 82.5 Å². The van der Waals surface area contributed by atoms with E-state index >= 15 is 0 Å². The minimum Gasteiger partial charge on any atom is -0.334 e. The van der Waals surface area contributed by atoms with Gasteiger partial charge in [-0.2, -0.15) is 0 Å². The molecule has 1 aromatic rings. The summed E-state index contributed by atoms with van der Waals surface area (Å²) in [4.78, 5) is 87.0. The summed E-state index contributed by atoms with van der Waals surface area (Å²) < 4.78 is 0. The van der Waals surface area contributed by atoms with Gasteiger partial charge in [0.2, 0.25) is 23.6 Å². The van der Waals surface area contributed by atoms with E-state index in [2.05, 4.69) is 0 Å². The summed E-state index contributed by atoms with van der Waals surface area (Å²) >= 11 is 0. The van der Waals surface area contributed by atoms with E-state index in [9.17, 15) is 28.8 Å². The largest absolute Gasteiger partial charge is 0.334 e. The first-order chi connectivity index (χ1) is 20.8. The van der Waals surface area contributed by atoms with Crippen molar-refractivity contribution in [2.75, 3.05) is 39.3 Å². The van der Waals surface area contributed by atoms with Gasteiger partial charge in [-0.05, 0) is 67.5 Å². The molecule has 0 unspecified atom stereocenters. The van der Waals surface area contributed by atoms with Crippen LogP contribution >= 0.6 is 0 Å². The van der Waals surface area contributed by atoms with Gasteiger partial charge in [-0.25, -0.2) is 0 Å². The van der Waals surface area contributed by atoms with Gasteiger partial charge in [-0.1, -0.05) is 12.2 Å². The molecule has 6 amide bonds. The first-order valence-corrected chi connectivity index (χ1v) is 15.6. The first kappa shape index (κ1) is 26.5. The van der Waals surface area contributed by atoms with Crippen LogP contribution < -0.4 is 0 Å². The average molecular weight is 583 g/mol. The highest BCUT2D eigenvalue weighted by molar-refractivity contribution is 6.07. The van der Waals surface area contributed by atoms with Crippen molar-refractivity contribution in [1.82, 2.24) is 19.6 Å². The zero-order valence-corrected chi connectivity index (χ0v) is 23.9. The molecule has 10 heteroatoms. The lowest BCUT2D eigenvalue weighted by Gasteiger charge is -2.26. The van der Waals surface area contributed by atoms with Crippen molar-refractivity contribution in [3.8, 4) is 0 Å². The molecular weight excluding hydrogens is 548 g/mol. The molecule has 6 heterocycles. The van der Waals surface area contributed by atoms with Gasteiger partial charge in [-0.3, -0.25) is 38.6 Å². The molecule has 0 spiro atoms. The van der Waals surface area contributed by atoms with Crippen LogP contribution in [0.2, 0.25) is 0 Å². The van der Waals surface area contributed by atoms with Crippen molar-refractivity contribution >= 4 is 35.4 Å². The number of imide groups is 2. The molecule has 2 aliphatic carbocycles. The zero-order chi connectivity index (χ0) is 29.6. The van der Waals surface area contributed by atoms with E-state index in [-0.39, 0.29) is 59.1 Å². The number of rotatable bonds is 0. The summed E-state index contributed by atoms with van der Waals surface area (Å²) in [6.07, 6.45) is 6.99. The highest BCUT2D eigenvalue weighted by Gasteiger charge is 2.56. The molecule has 4 saturated heterocycles. The smallest absolute Gasteiger partial charge is 0.254 e. The normalized spacial score (nSPS) is 33.9. The van der Waals surface area contributed by atoms with Gasteiger partial charge in [0.25, 0.3) is 11.8 Å². The number of allylic oxidation sites excluding steroid dienone is 2. The van der Waals surface area contributed by atoms with E-state index < -0.39 is 11.8 Å². The first-order valence-electron chi connectivity index (χ1n) is 15.6. The lowest BCUT2D eigenvalue weighted by molar-refractivity contribution is -0.141. The Kier molecular flexibility index (Phi) is 6.00. The highest BCUT2D eigenvalue weighted by atomic mass is 16.2. The third-order valence-electron chi connectivity index (χ3n) is 11.0. The number of hydrogen-bond donors (Lipinski definition) is 0. The maximum absolute atomic E-state index is 13.5. The lowest BCUT2D eigenvalue weighted by atomic mass is 9.74. The number of nitrogens with zero attached hydrogens (tertiary/aromatic N) is 4. The van der Waals surface area contributed by atoms with E-state index in [0.717, 1.165) is 11.1 Å². The predicted octanol–water partition coefficient (Wildman–Crippen LogP) is 1.88. The van der Waals surface area contributed by atoms with Crippen LogP contribution in [-0.2, 0) is 19.2 Å². The van der Waals surface area contributed by atoms with Crippen LogP contribution in [0.15, 0.2) is 47.6 Å². The van der Waals surface area contributed by atoms with Gasteiger partial charge in [0.1, 0.15) is 0 Å². The Labute approximate surface area is 249 Å². The van der Waals surface area contributed by atoms with E-state index in [4.69, 9.17) is 0 Å². The van der Waals surface area contributed by atoms with Gasteiger partial charge >= 0.3 is 0 Å². The Morgan fingerprint density at radius 2 is 0.930 bits per heavy atom. The van der Waals surface area contributed by atoms with Crippen LogP contribution in [0.3, 0.4) is 0 Å². The minimum atomic E-state index is -0.446. The fourth-order valence-corrected chi connectivity index (χ4v) is 8.81. The molecule has 222 valence electrons.